The number of aryl methyl sites for hydroxylation is 1. The molecule has 7 heteroatoms. The largest absolute Gasteiger partial charge is 0.349 e. The maximum absolute atomic E-state index is 13.0. The highest BCUT2D eigenvalue weighted by Crippen LogP contribution is 2.17. The van der Waals surface area contributed by atoms with Crippen LogP contribution in [0.1, 0.15) is 36.2 Å². The summed E-state index contributed by atoms with van der Waals surface area (Å²) in [6.07, 6.45) is 2.44. The molecule has 1 aromatic heterocycles. The van der Waals surface area contributed by atoms with Crippen molar-refractivity contribution in [3.63, 3.8) is 0 Å². The van der Waals surface area contributed by atoms with E-state index in [-0.39, 0.29) is 29.7 Å². The lowest BCUT2D eigenvalue weighted by Crippen LogP contribution is -2.32. The second-order valence-electron chi connectivity index (χ2n) is 5.40. The summed E-state index contributed by atoms with van der Waals surface area (Å²) in [5.41, 5.74) is 1.44. The minimum absolute atomic E-state index is 0.0411. The molecule has 5 nitrogen and oxygen atoms in total. The maximum Gasteiger partial charge on any atom is 0.255 e. The lowest BCUT2D eigenvalue weighted by atomic mass is 10.0. The Balaban J connectivity index is 2.12. The Morgan fingerprint density at radius 3 is 2.58 bits per heavy atom. The van der Waals surface area contributed by atoms with Crippen LogP contribution in [0.3, 0.4) is 0 Å². The molecule has 1 heterocycles. The van der Waals surface area contributed by atoms with E-state index in [9.17, 15) is 14.0 Å². The molecular weight excluding hydrogens is 329 g/mol. The molecule has 0 bridgehead atoms. The van der Waals surface area contributed by atoms with Gasteiger partial charge in [-0.2, -0.15) is 0 Å². The third-order valence-electron chi connectivity index (χ3n) is 3.75. The number of hydrogen-bond donors (Lipinski definition) is 2. The quantitative estimate of drug-likeness (QED) is 0.621. The first kappa shape index (κ1) is 18.2. The molecule has 2 N–H and O–H groups in total. The van der Waals surface area contributed by atoms with Crippen LogP contribution in [0.2, 0.25) is 0 Å². The van der Waals surface area contributed by atoms with Gasteiger partial charge in [-0.1, -0.05) is 30.8 Å². The number of nitrogens with zero attached hydrogens (tertiary/aromatic N) is 1. The molecule has 0 spiro atoms. The monoisotopic (exact) mass is 349 g/mol. The molecule has 0 fully saturated rings. The van der Waals surface area contributed by atoms with Gasteiger partial charge in [0.15, 0.2) is 5.16 Å². The first-order chi connectivity index (χ1) is 11.4. The van der Waals surface area contributed by atoms with Gasteiger partial charge in [-0.25, -0.2) is 9.37 Å². The zero-order chi connectivity index (χ0) is 17.7. The summed E-state index contributed by atoms with van der Waals surface area (Å²) in [6, 6.07) is 5.80. The fourth-order valence-corrected chi connectivity index (χ4v) is 2.83. The van der Waals surface area contributed by atoms with Crippen LogP contribution in [0.4, 0.5) is 4.39 Å². The number of thioether (sulfide) groups is 1. The highest BCUT2D eigenvalue weighted by Gasteiger charge is 2.16. The number of halogens is 1. The van der Waals surface area contributed by atoms with Crippen molar-refractivity contribution in [2.24, 2.45) is 0 Å². The van der Waals surface area contributed by atoms with E-state index in [2.05, 4.69) is 15.3 Å². The van der Waals surface area contributed by atoms with E-state index in [0.29, 0.717) is 22.8 Å². The molecule has 0 radical (unpaired) electrons. The minimum atomic E-state index is -0.318. The van der Waals surface area contributed by atoms with E-state index < -0.39 is 0 Å². The number of hydrogen-bond acceptors (Lipinski definition) is 4. The second kappa shape index (κ2) is 8.10. The second-order valence-corrected chi connectivity index (χ2v) is 6.19. The van der Waals surface area contributed by atoms with Crippen LogP contribution >= 0.6 is 11.8 Å². The van der Waals surface area contributed by atoms with E-state index in [4.69, 9.17) is 0 Å². The van der Waals surface area contributed by atoms with E-state index in [1.807, 2.05) is 13.2 Å². The number of amides is 1. The lowest BCUT2D eigenvalue weighted by molar-refractivity contribution is -0.121. The van der Waals surface area contributed by atoms with Gasteiger partial charge in [-0.3, -0.25) is 9.59 Å². The summed E-state index contributed by atoms with van der Waals surface area (Å²) < 4.78 is 13.0. The zero-order valence-electron chi connectivity index (χ0n) is 13.9. The van der Waals surface area contributed by atoms with Crippen molar-refractivity contribution in [1.29, 1.82) is 0 Å². The average molecular weight is 349 g/mol. The van der Waals surface area contributed by atoms with Crippen molar-refractivity contribution in [2.75, 3.05) is 6.26 Å². The Morgan fingerprint density at radius 2 is 2.04 bits per heavy atom. The van der Waals surface area contributed by atoms with Crippen molar-refractivity contribution in [3.05, 3.63) is 57.3 Å². The summed E-state index contributed by atoms with van der Waals surface area (Å²) in [7, 11) is 0. The van der Waals surface area contributed by atoms with Crippen molar-refractivity contribution >= 4 is 17.7 Å². The van der Waals surface area contributed by atoms with Crippen LogP contribution in [0, 0.1) is 12.7 Å². The Bertz CT molecular complexity index is 774. The summed E-state index contributed by atoms with van der Waals surface area (Å²) in [4.78, 5) is 31.3. The van der Waals surface area contributed by atoms with E-state index >= 15 is 0 Å². The van der Waals surface area contributed by atoms with Gasteiger partial charge < -0.3 is 10.3 Å². The van der Waals surface area contributed by atoms with Crippen LogP contribution in [0.25, 0.3) is 0 Å². The van der Waals surface area contributed by atoms with Gasteiger partial charge in [0.1, 0.15) is 5.82 Å². The molecule has 0 aliphatic carbocycles. The number of aromatic nitrogens is 2. The van der Waals surface area contributed by atoms with Gasteiger partial charge in [0.2, 0.25) is 5.91 Å². The van der Waals surface area contributed by atoms with Gasteiger partial charge in [0.05, 0.1) is 12.5 Å². The Labute approximate surface area is 144 Å². The number of H-pyrrole nitrogens is 1. The molecule has 0 saturated heterocycles. The topological polar surface area (TPSA) is 74.8 Å². The molecular formula is C17H20FN3O2S. The normalized spacial score (nSPS) is 12.0. The van der Waals surface area contributed by atoms with Crippen LogP contribution in [0.5, 0.6) is 0 Å². The molecule has 1 atom stereocenters. The highest BCUT2D eigenvalue weighted by atomic mass is 32.2. The molecule has 128 valence electrons. The predicted octanol–water partition coefficient (Wildman–Crippen LogP) is 2.75. The smallest absolute Gasteiger partial charge is 0.255 e. The summed E-state index contributed by atoms with van der Waals surface area (Å²) in [5.74, 6) is -0.583. The Hall–Kier alpha value is -2.15. The minimum Gasteiger partial charge on any atom is -0.349 e. The summed E-state index contributed by atoms with van der Waals surface area (Å²) >= 11 is 1.34. The summed E-state index contributed by atoms with van der Waals surface area (Å²) in [6.45, 7) is 3.65. The van der Waals surface area contributed by atoms with Gasteiger partial charge in [0, 0.05) is 11.3 Å². The first-order valence-electron chi connectivity index (χ1n) is 7.63. The molecule has 1 aromatic carbocycles. The SMILES string of the molecule is CC[C@H](NC(=O)Cc1c(C)nc(SC)[nH]c1=O)c1ccc(F)cc1. The Kier molecular flexibility index (Phi) is 6.14. The number of benzene rings is 1. The van der Waals surface area contributed by atoms with E-state index in [1.54, 1.807) is 19.1 Å². The third kappa shape index (κ3) is 4.44. The molecule has 2 aromatic rings. The summed E-state index contributed by atoms with van der Waals surface area (Å²) in [5, 5.41) is 3.41. The first-order valence-corrected chi connectivity index (χ1v) is 8.85. The number of nitrogens with one attached hydrogen (secondary N) is 2. The van der Waals surface area contributed by atoms with E-state index in [0.717, 1.165) is 5.56 Å². The average Bonchev–Trinajstić information content (AvgIpc) is 2.56. The number of carbonyl (C=O) groups excluding carboxylic acids is 1. The lowest BCUT2D eigenvalue weighted by Gasteiger charge is -2.17. The molecule has 0 aliphatic heterocycles. The van der Waals surface area contributed by atoms with Crippen LogP contribution in [-0.2, 0) is 11.2 Å². The third-order valence-corrected chi connectivity index (χ3v) is 4.33. The fraction of sp³-hybridized carbons (Fsp3) is 0.353. The standard InChI is InChI=1S/C17H20FN3O2S/c1-4-14(11-5-7-12(18)8-6-11)20-15(22)9-13-10(2)19-17(24-3)21-16(13)23/h5-8,14H,4,9H2,1-3H3,(H,20,22)(H,19,21,23)/t14-/m0/s1. The highest BCUT2D eigenvalue weighted by molar-refractivity contribution is 7.98. The van der Waals surface area contributed by atoms with Crippen LogP contribution in [0.15, 0.2) is 34.2 Å². The van der Waals surface area contributed by atoms with Gasteiger partial charge in [-0.15, -0.1) is 0 Å². The number of aromatic amines is 1. The molecule has 0 saturated carbocycles. The molecule has 2 rings (SSSR count). The van der Waals surface area contributed by atoms with Gasteiger partial charge in [-0.05, 0) is 37.3 Å². The zero-order valence-corrected chi connectivity index (χ0v) is 14.7. The fourth-order valence-electron chi connectivity index (χ4n) is 2.41. The molecule has 24 heavy (non-hydrogen) atoms. The Morgan fingerprint density at radius 1 is 1.38 bits per heavy atom. The molecule has 0 unspecified atom stereocenters. The van der Waals surface area contributed by atoms with Crippen molar-refractivity contribution in [2.45, 2.75) is 37.9 Å². The molecule has 0 aliphatic rings. The van der Waals surface area contributed by atoms with Crippen molar-refractivity contribution < 1.29 is 9.18 Å². The van der Waals surface area contributed by atoms with Crippen LogP contribution < -0.4 is 10.9 Å². The molecule has 1 amide bonds. The van der Waals surface area contributed by atoms with Crippen molar-refractivity contribution in [3.8, 4) is 0 Å². The maximum atomic E-state index is 13.0. The van der Waals surface area contributed by atoms with Crippen molar-refractivity contribution in [1.82, 2.24) is 15.3 Å². The van der Waals surface area contributed by atoms with Gasteiger partial charge >= 0.3 is 0 Å². The van der Waals surface area contributed by atoms with Gasteiger partial charge in [0.25, 0.3) is 5.56 Å². The van der Waals surface area contributed by atoms with Crippen LogP contribution in [-0.4, -0.2) is 22.1 Å². The van der Waals surface area contributed by atoms with E-state index in [1.165, 1.54) is 23.9 Å². The predicted molar refractivity (Wildman–Crippen MR) is 92.7 cm³/mol. The number of carbonyl (C=O) groups is 1. The number of rotatable bonds is 6.